The summed E-state index contributed by atoms with van der Waals surface area (Å²) in [6.07, 6.45) is 3.59. The Morgan fingerprint density at radius 2 is 2.18 bits per heavy atom. The van der Waals surface area contributed by atoms with E-state index in [1.165, 1.54) is 18.2 Å². The molecule has 1 aromatic rings. The van der Waals surface area contributed by atoms with E-state index in [-0.39, 0.29) is 23.3 Å². The quantitative estimate of drug-likeness (QED) is 0.655. The molecule has 3 fully saturated rings. The van der Waals surface area contributed by atoms with Crippen molar-refractivity contribution in [3.05, 3.63) is 35.9 Å². The molecule has 2 bridgehead atoms. The molecular weight excluding hydrogens is 278 g/mol. The van der Waals surface area contributed by atoms with E-state index in [0.29, 0.717) is 11.5 Å². The van der Waals surface area contributed by atoms with Crippen LogP contribution in [0.4, 0.5) is 0 Å². The second kappa shape index (κ2) is 6.20. The average molecular weight is 297 g/mol. The number of nitrogens with zero attached hydrogens (tertiary/aromatic N) is 2. The van der Waals surface area contributed by atoms with Crippen molar-refractivity contribution >= 4 is 11.5 Å². The van der Waals surface area contributed by atoms with Crippen LogP contribution in [0.1, 0.15) is 18.4 Å². The number of phenolic OH excluding ortho intramolecular Hbond substituents is 1. The van der Waals surface area contributed by atoms with Crippen LogP contribution in [0.5, 0.6) is 5.75 Å². The lowest BCUT2D eigenvalue weighted by molar-refractivity contribution is -0.118. The molecule has 5 heteroatoms. The molecule has 0 aliphatic carbocycles. The first-order valence-corrected chi connectivity index (χ1v) is 7.60. The van der Waals surface area contributed by atoms with Crippen LogP contribution in [0.3, 0.4) is 0 Å². The van der Waals surface area contributed by atoms with E-state index in [1.807, 2.05) is 6.07 Å². The monoisotopic (exact) mass is 297 g/mol. The van der Waals surface area contributed by atoms with Gasteiger partial charge in [-0.05, 0) is 49.5 Å². The van der Waals surface area contributed by atoms with Crippen molar-refractivity contribution in [2.45, 2.75) is 18.9 Å². The van der Waals surface area contributed by atoms with E-state index in [9.17, 15) is 15.2 Å². The molecule has 5 nitrogen and oxygen atoms in total. The Balaban J connectivity index is 1.70. The number of nitriles is 1. The fourth-order valence-corrected chi connectivity index (χ4v) is 3.34. The third kappa shape index (κ3) is 3.12. The van der Waals surface area contributed by atoms with Crippen LogP contribution in [0.2, 0.25) is 0 Å². The van der Waals surface area contributed by atoms with Crippen molar-refractivity contribution in [1.82, 2.24) is 10.2 Å². The minimum Gasteiger partial charge on any atom is -0.508 e. The molecule has 114 valence electrons. The van der Waals surface area contributed by atoms with Gasteiger partial charge in [0.2, 0.25) is 5.91 Å². The largest absolute Gasteiger partial charge is 0.508 e. The summed E-state index contributed by atoms with van der Waals surface area (Å²) in [5.41, 5.74) is 0.807. The maximum atomic E-state index is 12.2. The summed E-state index contributed by atoms with van der Waals surface area (Å²) < 4.78 is 0. The number of benzene rings is 1. The molecule has 2 N–H and O–H groups in total. The highest BCUT2D eigenvalue weighted by Gasteiger charge is 2.34. The van der Waals surface area contributed by atoms with Crippen molar-refractivity contribution < 1.29 is 9.90 Å². The van der Waals surface area contributed by atoms with Gasteiger partial charge in [0.25, 0.3) is 0 Å². The normalized spacial score (nSPS) is 27.2. The number of nitrogens with one attached hydrogen (secondary N) is 1. The highest BCUT2D eigenvalue weighted by Crippen LogP contribution is 2.27. The summed E-state index contributed by atoms with van der Waals surface area (Å²) in [7, 11) is 0. The number of carbonyl (C=O) groups excluding carboxylic acids is 1. The maximum absolute atomic E-state index is 12.2. The van der Waals surface area contributed by atoms with Crippen molar-refractivity contribution in [2.75, 3.05) is 19.6 Å². The molecule has 0 aromatic heterocycles. The third-order valence-corrected chi connectivity index (χ3v) is 4.54. The Bertz CT molecular complexity index is 640. The number of fused-ring (bicyclic) bond motifs is 3. The van der Waals surface area contributed by atoms with Gasteiger partial charge in [-0.25, -0.2) is 0 Å². The molecule has 4 rings (SSSR count). The number of hydrogen-bond acceptors (Lipinski definition) is 4. The zero-order valence-electron chi connectivity index (χ0n) is 12.3. The standard InChI is InChI=1S/C17H19N3O2/c18-10-14(13-2-1-3-15(21)8-13)9-17(22)19-16-11-20-6-4-12(16)5-7-20/h1-3,8-9,12,16,21H,4-7,11H2,(H,19,22). The van der Waals surface area contributed by atoms with Crippen molar-refractivity contribution in [1.29, 1.82) is 5.26 Å². The van der Waals surface area contributed by atoms with Gasteiger partial charge < -0.3 is 15.3 Å². The SMILES string of the molecule is N#CC(=CC(=O)NC1CN2CCC1CC2)c1cccc(O)c1. The van der Waals surface area contributed by atoms with Gasteiger partial charge in [0, 0.05) is 18.7 Å². The number of piperidine rings is 3. The Kier molecular flexibility index (Phi) is 4.12. The Labute approximate surface area is 129 Å². The highest BCUT2D eigenvalue weighted by molar-refractivity contribution is 5.98. The van der Waals surface area contributed by atoms with Crippen molar-refractivity contribution in [3.8, 4) is 11.8 Å². The number of amides is 1. The van der Waals surface area contributed by atoms with Crippen LogP contribution in [0, 0.1) is 17.2 Å². The number of rotatable bonds is 3. The van der Waals surface area contributed by atoms with Crippen molar-refractivity contribution in [3.63, 3.8) is 0 Å². The minimum atomic E-state index is -0.237. The number of carbonyl (C=O) groups is 1. The summed E-state index contributed by atoms with van der Waals surface area (Å²) in [5.74, 6) is 0.392. The van der Waals surface area contributed by atoms with E-state index in [1.54, 1.807) is 12.1 Å². The molecule has 0 saturated carbocycles. The van der Waals surface area contributed by atoms with Gasteiger partial charge in [-0.2, -0.15) is 5.26 Å². The second-order valence-electron chi connectivity index (χ2n) is 5.97. The summed E-state index contributed by atoms with van der Waals surface area (Å²) in [5, 5.41) is 21.8. The van der Waals surface area contributed by atoms with Gasteiger partial charge in [-0.15, -0.1) is 0 Å². The van der Waals surface area contributed by atoms with Crippen LogP contribution < -0.4 is 5.32 Å². The number of phenols is 1. The van der Waals surface area contributed by atoms with E-state index in [0.717, 1.165) is 32.5 Å². The smallest absolute Gasteiger partial charge is 0.245 e. The zero-order chi connectivity index (χ0) is 15.5. The molecule has 3 aliphatic heterocycles. The van der Waals surface area contributed by atoms with E-state index >= 15 is 0 Å². The summed E-state index contributed by atoms with van der Waals surface area (Å²) in [6.45, 7) is 3.15. The van der Waals surface area contributed by atoms with Gasteiger partial charge in [0.1, 0.15) is 5.75 Å². The summed E-state index contributed by atoms with van der Waals surface area (Å²) >= 11 is 0. The first-order valence-electron chi connectivity index (χ1n) is 7.60. The van der Waals surface area contributed by atoms with E-state index in [4.69, 9.17) is 0 Å². The molecule has 0 radical (unpaired) electrons. The molecule has 3 aliphatic rings. The van der Waals surface area contributed by atoms with Crippen LogP contribution >= 0.6 is 0 Å². The first-order chi connectivity index (χ1) is 10.7. The van der Waals surface area contributed by atoms with Crippen molar-refractivity contribution in [2.24, 2.45) is 5.92 Å². The van der Waals surface area contributed by atoms with Gasteiger partial charge >= 0.3 is 0 Å². The number of allylic oxidation sites excluding steroid dienone is 1. The van der Waals surface area contributed by atoms with Crippen LogP contribution in [-0.4, -0.2) is 41.6 Å². The lowest BCUT2D eigenvalue weighted by Gasteiger charge is -2.44. The van der Waals surface area contributed by atoms with Crippen LogP contribution in [0.25, 0.3) is 5.57 Å². The molecule has 1 unspecified atom stereocenters. The molecule has 1 atom stereocenters. The number of hydrogen-bond donors (Lipinski definition) is 2. The molecule has 1 aromatic carbocycles. The summed E-state index contributed by atoms with van der Waals surface area (Å²) in [4.78, 5) is 14.6. The molecule has 1 amide bonds. The maximum Gasteiger partial charge on any atom is 0.245 e. The van der Waals surface area contributed by atoms with E-state index in [2.05, 4.69) is 10.2 Å². The third-order valence-electron chi connectivity index (χ3n) is 4.54. The number of aromatic hydroxyl groups is 1. The summed E-state index contributed by atoms with van der Waals surface area (Å²) in [6, 6.07) is 8.58. The average Bonchev–Trinajstić information content (AvgIpc) is 2.53. The second-order valence-corrected chi connectivity index (χ2v) is 5.97. The van der Waals surface area contributed by atoms with Crippen LogP contribution in [-0.2, 0) is 4.79 Å². The Morgan fingerprint density at radius 3 is 2.77 bits per heavy atom. The Morgan fingerprint density at radius 1 is 1.41 bits per heavy atom. The minimum absolute atomic E-state index is 0.0800. The predicted octanol–water partition coefficient (Wildman–Crippen LogP) is 1.51. The van der Waals surface area contributed by atoms with Gasteiger partial charge in [-0.1, -0.05) is 12.1 Å². The van der Waals surface area contributed by atoms with Gasteiger partial charge in [0.05, 0.1) is 11.6 Å². The lowest BCUT2D eigenvalue weighted by atomic mass is 9.84. The van der Waals surface area contributed by atoms with Gasteiger partial charge in [-0.3, -0.25) is 4.79 Å². The zero-order valence-corrected chi connectivity index (χ0v) is 12.3. The predicted molar refractivity (Wildman–Crippen MR) is 82.8 cm³/mol. The molecule has 22 heavy (non-hydrogen) atoms. The van der Waals surface area contributed by atoms with E-state index < -0.39 is 0 Å². The lowest BCUT2D eigenvalue weighted by Crippen LogP contribution is -2.57. The fourth-order valence-electron chi connectivity index (χ4n) is 3.34. The fraction of sp³-hybridized carbons (Fsp3) is 0.412. The first kappa shape index (κ1) is 14.6. The highest BCUT2D eigenvalue weighted by atomic mass is 16.3. The Hall–Kier alpha value is -2.32. The molecule has 3 saturated heterocycles. The topological polar surface area (TPSA) is 76.4 Å². The van der Waals surface area contributed by atoms with Gasteiger partial charge in [0.15, 0.2) is 0 Å². The molecular formula is C17H19N3O2. The molecule has 3 heterocycles. The molecule has 0 spiro atoms. The van der Waals surface area contributed by atoms with Crippen LogP contribution in [0.15, 0.2) is 30.3 Å².